The summed E-state index contributed by atoms with van der Waals surface area (Å²) in [6.45, 7) is 5.47. The first-order valence-electron chi connectivity index (χ1n) is 4.90. The van der Waals surface area contributed by atoms with Crippen molar-refractivity contribution in [2.24, 2.45) is 15.7 Å². The summed E-state index contributed by atoms with van der Waals surface area (Å²) >= 11 is 0. The summed E-state index contributed by atoms with van der Waals surface area (Å²) in [5.74, 6) is 0.775. The van der Waals surface area contributed by atoms with E-state index in [1.807, 2.05) is 0 Å². The fourth-order valence-electron chi connectivity index (χ4n) is 1.50. The molecule has 0 aliphatic carbocycles. The Labute approximate surface area is 85.2 Å². The fraction of sp³-hybridized carbons (Fsp3) is 0.600. The third kappa shape index (κ3) is 2.96. The second-order valence-electron chi connectivity index (χ2n) is 3.36. The third-order valence-corrected chi connectivity index (χ3v) is 2.32. The standard InChI is InChI=1S/C10H18N4/c1-3-6-13-10(12-2)14-7-4-9(11)5-8-14/h3,6,9H,1,4-5,7-8,11H2,2H3/b12-10?,13-6-. The molecule has 0 unspecified atom stereocenters. The minimum absolute atomic E-state index is 0.341. The molecular weight excluding hydrogens is 176 g/mol. The molecule has 0 aromatic carbocycles. The summed E-state index contributed by atoms with van der Waals surface area (Å²) in [6, 6.07) is 0.341. The van der Waals surface area contributed by atoms with Gasteiger partial charge in [-0.05, 0) is 12.8 Å². The number of hydrogen-bond acceptors (Lipinski definition) is 2. The fourth-order valence-corrected chi connectivity index (χ4v) is 1.50. The molecular formula is C10H18N4. The van der Waals surface area contributed by atoms with Gasteiger partial charge in [0.15, 0.2) is 0 Å². The van der Waals surface area contributed by atoms with E-state index in [2.05, 4.69) is 21.5 Å². The molecule has 14 heavy (non-hydrogen) atoms. The van der Waals surface area contributed by atoms with E-state index in [-0.39, 0.29) is 0 Å². The molecule has 0 radical (unpaired) electrons. The summed E-state index contributed by atoms with van der Waals surface area (Å²) in [5, 5.41) is 0. The quantitative estimate of drug-likeness (QED) is 0.492. The zero-order valence-corrected chi connectivity index (χ0v) is 8.69. The van der Waals surface area contributed by atoms with E-state index >= 15 is 0 Å². The molecule has 1 saturated heterocycles. The van der Waals surface area contributed by atoms with Crippen LogP contribution in [0.4, 0.5) is 0 Å². The van der Waals surface area contributed by atoms with E-state index in [1.54, 1.807) is 19.3 Å². The summed E-state index contributed by atoms with van der Waals surface area (Å²) in [7, 11) is 1.75. The summed E-state index contributed by atoms with van der Waals surface area (Å²) in [5.41, 5.74) is 5.82. The molecule has 1 rings (SSSR count). The number of nitrogens with two attached hydrogens (primary N) is 1. The van der Waals surface area contributed by atoms with Crippen molar-refractivity contribution < 1.29 is 0 Å². The maximum atomic E-state index is 5.82. The van der Waals surface area contributed by atoms with Gasteiger partial charge in [0.2, 0.25) is 5.96 Å². The van der Waals surface area contributed by atoms with Gasteiger partial charge in [-0.15, -0.1) is 0 Å². The highest BCUT2D eigenvalue weighted by Gasteiger charge is 2.17. The highest BCUT2D eigenvalue weighted by molar-refractivity contribution is 5.90. The predicted molar refractivity (Wildman–Crippen MR) is 60.8 cm³/mol. The molecule has 1 fully saturated rings. The first kappa shape index (κ1) is 10.9. The highest BCUT2D eigenvalue weighted by atomic mass is 15.3. The first-order valence-corrected chi connectivity index (χ1v) is 4.90. The van der Waals surface area contributed by atoms with Crippen LogP contribution in [0.25, 0.3) is 0 Å². The molecule has 0 atom stereocenters. The molecule has 0 spiro atoms. The van der Waals surface area contributed by atoms with Crippen LogP contribution < -0.4 is 5.73 Å². The van der Waals surface area contributed by atoms with Gasteiger partial charge in [-0.25, -0.2) is 4.99 Å². The van der Waals surface area contributed by atoms with E-state index in [0.29, 0.717) is 6.04 Å². The number of guanidine groups is 1. The molecule has 78 valence electrons. The Balaban J connectivity index is 2.54. The van der Waals surface area contributed by atoms with Crippen molar-refractivity contribution in [2.45, 2.75) is 18.9 Å². The van der Waals surface area contributed by atoms with Crippen LogP contribution in [0.15, 0.2) is 22.6 Å². The van der Waals surface area contributed by atoms with E-state index in [9.17, 15) is 0 Å². The van der Waals surface area contributed by atoms with Crippen molar-refractivity contribution in [3.05, 3.63) is 12.7 Å². The van der Waals surface area contributed by atoms with Gasteiger partial charge in [-0.2, -0.15) is 0 Å². The lowest BCUT2D eigenvalue weighted by Gasteiger charge is -2.30. The maximum absolute atomic E-state index is 5.82. The lowest BCUT2D eigenvalue weighted by molar-refractivity contribution is 0.311. The van der Waals surface area contributed by atoms with E-state index in [0.717, 1.165) is 31.9 Å². The van der Waals surface area contributed by atoms with Gasteiger partial charge in [-0.1, -0.05) is 12.7 Å². The van der Waals surface area contributed by atoms with E-state index in [1.165, 1.54) is 0 Å². The third-order valence-electron chi connectivity index (χ3n) is 2.32. The Morgan fingerprint density at radius 1 is 1.50 bits per heavy atom. The summed E-state index contributed by atoms with van der Waals surface area (Å²) in [6.07, 6.45) is 5.35. The monoisotopic (exact) mass is 194 g/mol. The van der Waals surface area contributed by atoms with Gasteiger partial charge in [0, 0.05) is 32.4 Å². The van der Waals surface area contributed by atoms with Gasteiger partial charge in [0.05, 0.1) is 0 Å². The van der Waals surface area contributed by atoms with Crippen LogP contribution in [0.5, 0.6) is 0 Å². The van der Waals surface area contributed by atoms with Crippen molar-refractivity contribution >= 4 is 12.2 Å². The Hall–Kier alpha value is -1.16. The lowest BCUT2D eigenvalue weighted by atomic mass is 10.1. The van der Waals surface area contributed by atoms with Crippen molar-refractivity contribution in [2.75, 3.05) is 20.1 Å². The number of nitrogens with zero attached hydrogens (tertiary/aromatic N) is 3. The van der Waals surface area contributed by atoms with Crippen LogP contribution in [0.3, 0.4) is 0 Å². The van der Waals surface area contributed by atoms with Crippen molar-refractivity contribution in [3.63, 3.8) is 0 Å². The largest absolute Gasteiger partial charge is 0.341 e. The first-order chi connectivity index (χ1) is 6.77. The van der Waals surface area contributed by atoms with E-state index < -0.39 is 0 Å². The molecule has 0 aromatic heterocycles. The minimum Gasteiger partial charge on any atom is -0.341 e. The zero-order valence-electron chi connectivity index (χ0n) is 8.69. The molecule has 2 N–H and O–H groups in total. The van der Waals surface area contributed by atoms with Gasteiger partial charge in [0.25, 0.3) is 0 Å². The molecule has 1 aliphatic rings. The van der Waals surface area contributed by atoms with Gasteiger partial charge in [-0.3, -0.25) is 4.99 Å². The Morgan fingerprint density at radius 3 is 2.64 bits per heavy atom. The van der Waals surface area contributed by atoms with Crippen LogP contribution in [-0.4, -0.2) is 43.3 Å². The lowest BCUT2D eigenvalue weighted by Crippen LogP contribution is -2.42. The predicted octanol–water partition coefficient (Wildman–Crippen LogP) is 0.652. The molecule has 1 aliphatic heterocycles. The molecule has 4 nitrogen and oxygen atoms in total. The van der Waals surface area contributed by atoms with Crippen LogP contribution in [0.2, 0.25) is 0 Å². The summed E-state index contributed by atoms with van der Waals surface area (Å²) < 4.78 is 0. The van der Waals surface area contributed by atoms with E-state index in [4.69, 9.17) is 5.73 Å². The number of hydrogen-bond donors (Lipinski definition) is 1. The average Bonchev–Trinajstić information content (AvgIpc) is 2.21. The minimum atomic E-state index is 0.341. The number of allylic oxidation sites excluding steroid dienone is 1. The van der Waals surface area contributed by atoms with Crippen LogP contribution in [0, 0.1) is 0 Å². The van der Waals surface area contributed by atoms with Crippen molar-refractivity contribution in [1.82, 2.24) is 4.90 Å². The van der Waals surface area contributed by atoms with Crippen molar-refractivity contribution in [3.8, 4) is 0 Å². The van der Waals surface area contributed by atoms with Crippen LogP contribution >= 0.6 is 0 Å². The number of likely N-dealkylation sites (tertiary alicyclic amines) is 1. The molecule has 4 heteroatoms. The van der Waals surface area contributed by atoms with Gasteiger partial charge < -0.3 is 10.6 Å². The SMILES string of the molecule is C=C/C=N\C(=NC)N1CCC(N)CC1. The molecule has 0 saturated carbocycles. The Kier molecular flexibility index (Phi) is 4.32. The second-order valence-corrected chi connectivity index (χ2v) is 3.36. The average molecular weight is 194 g/mol. The second kappa shape index (κ2) is 5.54. The normalized spacial score (nSPS) is 20.4. The number of piperidine rings is 1. The smallest absolute Gasteiger partial charge is 0.220 e. The Bertz CT molecular complexity index is 237. The highest BCUT2D eigenvalue weighted by Crippen LogP contribution is 2.09. The molecule has 1 heterocycles. The number of rotatable bonds is 1. The molecule has 0 aromatic rings. The number of aliphatic imine (C=N–C) groups is 2. The van der Waals surface area contributed by atoms with Gasteiger partial charge >= 0.3 is 0 Å². The maximum Gasteiger partial charge on any atom is 0.220 e. The molecule has 0 amide bonds. The topological polar surface area (TPSA) is 54.0 Å². The van der Waals surface area contributed by atoms with Gasteiger partial charge in [0.1, 0.15) is 0 Å². The van der Waals surface area contributed by atoms with Crippen LogP contribution in [0.1, 0.15) is 12.8 Å². The molecule has 0 bridgehead atoms. The van der Waals surface area contributed by atoms with Crippen LogP contribution in [-0.2, 0) is 0 Å². The van der Waals surface area contributed by atoms with Crippen molar-refractivity contribution in [1.29, 1.82) is 0 Å². The zero-order chi connectivity index (χ0) is 10.4. The summed E-state index contributed by atoms with van der Waals surface area (Å²) in [4.78, 5) is 10.5. The Morgan fingerprint density at radius 2 is 2.14 bits per heavy atom.